The predicted octanol–water partition coefficient (Wildman–Crippen LogP) is 0.862. The van der Waals surface area contributed by atoms with Gasteiger partial charge in [0.25, 0.3) is 0 Å². The minimum absolute atomic E-state index is 0.0537. The predicted molar refractivity (Wildman–Crippen MR) is 79.7 cm³/mol. The van der Waals surface area contributed by atoms with E-state index in [4.69, 9.17) is 5.73 Å². The molecule has 0 spiro atoms. The highest BCUT2D eigenvalue weighted by molar-refractivity contribution is 9.10. The SMILES string of the molecule is CC(CCS(C)=O)NS(=O)(=O)c1cc(Br)cnc1N. The smallest absolute Gasteiger partial charge is 0.244 e. The van der Waals surface area contributed by atoms with Gasteiger partial charge < -0.3 is 5.73 Å². The lowest BCUT2D eigenvalue weighted by Crippen LogP contribution is -2.34. The molecule has 1 rings (SSSR count). The van der Waals surface area contributed by atoms with Crippen molar-refractivity contribution in [1.29, 1.82) is 0 Å². The Morgan fingerprint density at radius 3 is 2.79 bits per heavy atom. The lowest BCUT2D eigenvalue weighted by molar-refractivity contribution is 0.556. The Hall–Kier alpha value is -0.510. The van der Waals surface area contributed by atoms with Crippen molar-refractivity contribution >= 4 is 42.6 Å². The summed E-state index contributed by atoms with van der Waals surface area (Å²) in [6.45, 7) is 1.71. The lowest BCUT2D eigenvalue weighted by Gasteiger charge is -2.14. The molecule has 0 aliphatic carbocycles. The molecule has 19 heavy (non-hydrogen) atoms. The largest absolute Gasteiger partial charge is 0.383 e. The van der Waals surface area contributed by atoms with E-state index in [1.807, 2.05) is 0 Å². The highest BCUT2D eigenvalue weighted by atomic mass is 79.9. The zero-order valence-corrected chi connectivity index (χ0v) is 13.8. The molecule has 1 heterocycles. The number of aromatic nitrogens is 1. The Balaban J connectivity index is 2.86. The fourth-order valence-corrected chi connectivity index (χ4v) is 3.93. The molecule has 0 bridgehead atoms. The molecule has 9 heteroatoms. The molecule has 0 aliphatic rings. The van der Waals surface area contributed by atoms with Gasteiger partial charge in [-0.15, -0.1) is 0 Å². The first-order chi connectivity index (χ1) is 8.72. The van der Waals surface area contributed by atoms with Crippen molar-refractivity contribution in [3.8, 4) is 0 Å². The maximum Gasteiger partial charge on any atom is 0.244 e. The number of nitrogen functional groups attached to an aromatic ring is 1. The summed E-state index contributed by atoms with van der Waals surface area (Å²) < 4.78 is 38.3. The van der Waals surface area contributed by atoms with E-state index < -0.39 is 20.8 Å². The van der Waals surface area contributed by atoms with E-state index in [9.17, 15) is 12.6 Å². The van der Waals surface area contributed by atoms with Gasteiger partial charge in [-0.2, -0.15) is 0 Å². The van der Waals surface area contributed by atoms with Crippen molar-refractivity contribution < 1.29 is 12.6 Å². The van der Waals surface area contributed by atoms with E-state index in [1.54, 1.807) is 13.2 Å². The Labute approximate surface area is 123 Å². The van der Waals surface area contributed by atoms with E-state index >= 15 is 0 Å². The summed E-state index contributed by atoms with van der Waals surface area (Å²) in [6, 6.07) is 1.07. The minimum Gasteiger partial charge on any atom is -0.383 e. The Bertz CT molecular complexity index is 577. The van der Waals surface area contributed by atoms with Crippen molar-refractivity contribution in [3.63, 3.8) is 0 Å². The number of sulfonamides is 1. The molecule has 1 aromatic heterocycles. The molecular weight excluding hydrogens is 354 g/mol. The summed E-state index contributed by atoms with van der Waals surface area (Å²) >= 11 is 3.15. The van der Waals surface area contributed by atoms with Gasteiger partial charge in [0.1, 0.15) is 10.7 Å². The molecule has 0 saturated carbocycles. The Morgan fingerprint density at radius 1 is 1.58 bits per heavy atom. The quantitative estimate of drug-likeness (QED) is 0.773. The summed E-state index contributed by atoms with van der Waals surface area (Å²) in [6.07, 6.45) is 3.50. The topological polar surface area (TPSA) is 102 Å². The molecular formula is C10H16BrN3O3S2. The van der Waals surface area contributed by atoms with Crippen molar-refractivity contribution in [1.82, 2.24) is 9.71 Å². The first kappa shape index (κ1) is 16.5. The summed E-state index contributed by atoms with van der Waals surface area (Å²) in [7, 11) is -4.67. The van der Waals surface area contributed by atoms with Crippen LogP contribution in [0.15, 0.2) is 21.6 Å². The van der Waals surface area contributed by atoms with Crippen LogP contribution in [0.2, 0.25) is 0 Å². The number of halogens is 1. The molecule has 3 N–H and O–H groups in total. The van der Waals surface area contributed by atoms with Crippen molar-refractivity contribution in [2.24, 2.45) is 0 Å². The van der Waals surface area contributed by atoms with Crippen molar-refractivity contribution in [3.05, 3.63) is 16.7 Å². The Morgan fingerprint density at radius 2 is 2.21 bits per heavy atom. The third-order valence-corrected chi connectivity index (χ3v) is 5.20. The van der Waals surface area contributed by atoms with Crippen LogP contribution in [0.1, 0.15) is 13.3 Å². The average molecular weight is 370 g/mol. The monoisotopic (exact) mass is 369 g/mol. The van der Waals surface area contributed by atoms with Gasteiger partial charge in [-0.3, -0.25) is 4.21 Å². The standard InChI is InChI=1S/C10H16BrN3O3S2/c1-7(3-4-18(2)15)14-19(16,17)9-5-8(11)6-13-10(9)12/h5-7,14H,3-4H2,1-2H3,(H2,12,13). The molecule has 0 radical (unpaired) electrons. The molecule has 2 atom stereocenters. The van der Waals surface area contributed by atoms with Crippen LogP contribution in [-0.4, -0.2) is 35.7 Å². The molecule has 108 valence electrons. The van der Waals surface area contributed by atoms with E-state index in [1.165, 1.54) is 12.3 Å². The minimum atomic E-state index is -3.73. The second kappa shape index (κ2) is 6.78. The normalized spacial score (nSPS) is 15.1. The molecule has 1 aromatic rings. The molecule has 0 aliphatic heterocycles. The number of rotatable bonds is 6. The zero-order chi connectivity index (χ0) is 14.6. The second-order valence-corrected chi connectivity index (χ2v) is 8.28. The fourth-order valence-electron chi connectivity index (χ4n) is 1.38. The van der Waals surface area contributed by atoms with Crippen LogP contribution in [-0.2, 0) is 20.8 Å². The van der Waals surface area contributed by atoms with Gasteiger partial charge in [-0.1, -0.05) is 0 Å². The second-order valence-electron chi connectivity index (χ2n) is 4.13. The summed E-state index contributed by atoms with van der Waals surface area (Å²) in [5.74, 6) is 0.387. The fraction of sp³-hybridized carbons (Fsp3) is 0.500. The summed E-state index contributed by atoms with van der Waals surface area (Å²) in [5.41, 5.74) is 5.57. The first-order valence-corrected chi connectivity index (χ1v) is 9.46. The maximum atomic E-state index is 12.1. The number of pyridine rings is 1. The van der Waals surface area contributed by atoms with Crippen LogP contribution < -0.4 is 10.5 Å². The van der Waals surface area contributed by atoms with E-state index in [2.05, 4.69) is 25.6 Å². The third-order valence-electron chi connectivity index (χ3n) is 2.33. The van der Waals surface area contributed by atoms with Crippen LogP contribution in [0, 0.1) is 0 Å². The molecule has 2 unspecified atom stereocenters. The number of hydrogen-bond acceptors (Lipinski definition) is 5. The van der Waals surface area contributed by atoms with Gasteiger partial charge in [0.15, 0.2) is 0 Å². The molecule has 0 fully saturated rings. The van der Waals surface area contributed by atoms with Crippen LogP contribution in [0.5, 0.6) is 0 Å². The van der Waals surface area contributed by atoms with Crippen LogP contribution >= 0.6 is 15.9 Å². The van der Waals surface area contributed by atoms with E-state index in [0.29, 0.717) is 16.6 Å². The highest BCUT2D eigenvalue weighted by Gasteiger charge is 2.21. The van der Waals surface area contributed by atoms with Crippen molar-refractivity contribution in [2.45, 2.75) is 24.3 Å². The molecule has 0 amide bonds. The number of anilines is 1. The first-order valence-electron chi connectivity index (χ1n) is 5.45. The number of hydrogen-bond donors (Lipinski definition) is 2. The summed E-state index contributed by atoms with van der Waals surface area (Å²) in [5, 5.41) is 0. The van der Waals surface area contributed by atoms with Gasteiger partial charge in [0.2, 0.25) is 10.0 Å². The van der Waals surface area contributed by atoms with E-state index in [-0.39, 0.29) is 16.8 Å². The van der Waals surface area contributed by atoms with Crippen LogP contribution in [0.25, 0.3) is 0 Å². The highest BCUT2D eigenvalue weighted by Crippen LogP contribution is 2.20. The van der Waals surface area contributed by atoms with Crippen molar-refractivity contribution in [2.75, 3.05) is 17.7 Å². The van der Waals surface area contributed by atoms with Crippen LogP contribution in [0.4, 0.5) is 5.82 Å². The third kappa shape index (κ3) is 5.17. The maximum absolute atomic E-state index is 12.1. The zero-order valence-electron chi connectivity index (χ0n) is 10.6. The Kier molecular flexibility index (Phi) is 5.90. The molecule has 0 aromatic carbocycles. The van der Waals surface area contributed by atoms with Gasteiger partial charge in [-0.05, 0) is 35.3 Å². The summed E-state index contributed by atoms with van der Waals surface area (Å²) in [4.78, 5) is 3.73. The molecule has 0 saturated heterocycles. The lowest BCUT2D eigenvalue weighted by atomic mass is 10.3. The molecule has 6 nitrogen and oxygen atoms in total. The van der Waals surface area contributed by atoms with E-state index in [0.717, 1.165) is 0 Å². The number of nitrogens with one attached hydrogen (secondary N) is 1. The van der Waals surface area contributed by atoms with Gasteiger partial charge in [0.05, 0.1) is 0 Å². The van der Waals surface area contributed by atoms with Crippen LogP contribution in [0.3, 0.4) is 0 Å². The van der Waals surface area contributed by atoms with Gasteiger partial charge in [-0.25, -0.2) is 18.1 Å². The average Bonchev–Trinajstić information content (AvgIpc) is 2.29. The van der Waals surface area contributed by atoms with Gasteiger partial charge >= 0.3 is 0 Å². The number of nitrogens with zero attached hydrogens (tertiary/aromatic N) is 1. The van der Waals surface area contributed by atoms with Gasteiger partial charge in [0, 0.05) is 39.5 Å². The number of nitrogens with two attached hydrogens (primary N) is 1.